The van der Waals surface area contributed by atoms with Crippen molar-refractivity contribution in [3.8, 4) is 6.07 Å². The minimum absolute atomic E-state index is 0.168. The molecule has 1 aliphatic heterocycles. The molecule has 0 aromatic heterocycles. The Kier molecular flexibility index (Phi) is 4.40. The summed E-state index contributed by atoms with van der Waals surface area (Å²) < 4.78 is 5.18. The summed E-state index contributed by atoms with van der Waals surface area (Å²) in [7, 11) is 0. The number of amides is 2. The van der Waals surface area contributed by atoms with Crippen molar-refractivity contribution in [2.45, 2.75) is 13.0 Å². The first-order valence-electron chi connectivity index (χ1n) is 6.42. The molecular weight excluding hydrogens is 274 g/mol. The van der Waals surface area contributed by atoms with Gasteiger partial charge in [-0.3, -0.25) is 0 Å². The number of hydrogen-bond donors (Lipinski definition) is 2. The number of morpholine rings is 1. The summed E-state index contributed by atoms with van der Waals surface area (Å²) in [4.78, 5) is 24.5. The van der Waals surface area contributed by atoms with Crippen LogP contribution in [-0.4, -0.2) is 47.8 Å². The lowest BCUT2D eigenvalue weighted by Gasteiger charge is -2.30. The molecule has 1 aliphatic rings. The number of ether oxygens (including phenoxy) is 1. The number of urea groups is 1. The number of aromatic carboxylic acids is 1. The lowest BCUT2D eigenvalue weighted by Crippen LogP contribution is -2.46. The SMILES string of the molecule is Cc1cc(C(=O)O)ccc1NC(=O)N1CCOC(C#N)C1. The second-order valence-corrected chi connectivity index (χ2v) is 4.70. The van der Waals surface area contributed by atoms with Crippen LogP contribution in [0.1, 0.15) is 15.9 Å². The van der Waals surface area contributed by atoms with Crippen molar-refractivity contribution >= 4 is 17.7 Å². The van der Waals surface area contributed by atoms with Gasteiger partial charge in [-0.1, -0.05) is 0 Å². The van der Waals surface area contributed by atoms with Gasteiger partial charge >= 0.3 is 12.0 Å². The Hall–Kier alpha value is -2.59. The van der Waals surface area contributed by atoms with Crippen LogP contribution >= 0.6 is 0 Å². The van der Waals surface area contributed by atoms with Gasteiger partial charge in [0.1, 0.15) is 0 Å². The molecule has 2 N–H and O–H groups in total. The molecule has 2 amide bonds. The van der Waals surface area contributed by atoms with Crippen LogP contribution in [0.15, 0.2) is 18.2 Å². The molecule has 0 spiro atoms. The van der Waals surface area contributed by atoms with Crippen LogP contribution < -0.4 is 5.32 Å². The van der Waals surface area contributed by atoms with Gasteiger partial charge in [0.2, 0.25) is 0 Å². The predicted molar refractivity (Wildman–Crippen MR) is 74.1 cm³/mol. The van der Waals surface area contributed by atoms with E-state index in [0.29, 0.717) is 24.4 Å². The Bertz CT molecular complexity index is 609. The van der Waals surface area contributed by atoms with Crippen molar-refractivity contribution in [3.63, 3.8) is 0 Å². The van der Waals surface area contributed by atoms with E-state index in [4.69, 9.17) is 15.1 Å². The summed E-state index contributed by atoms with van der Waals surface area (Å²) in [5.41, 5.74) is 1.37. The van der Waals surface area contributed by atoms with Gasteiger partial charge in [-0.2, -0.15) is 5.26 Å². The minimum atomic E-state index is -1.01. The number of carboxylic acids is 1. The molecule has 1 heterocycles. The van der Waals surface area contributed by atoms with E-state index >= 15 is 0 Å². The summed E-state index contributed by atoms with van der Waals surface area (Å²) in [5, 5.41) is 20.4. The highest BCUT2D eigenvalue weighted by Gasteiger charge is 2.24. The lowest BCUT2D eigenvalue weighted by atomic mass is 10.1. The van der Waals surface area contributed by atoms with Crippen molar-refractivity contribution in [1.82, 2.24) is 4.90 Å². The van der Waals surface area contributed by atoms with Gasteiger partial charge in [0.15, 0.2) is 6.10 Å². The molecular formula is C14H15N3O4. The number of benzene rings is 1. The van der Waals surface area contributed by atoms with E-state index in [9.17, 15) is 9.59 Å². The fourth-order valence-electron chi connectivity index (χ4n) is 2.04. The molecule has 0 saturated carbocycles. The molecule has 1 fully saturated rings. The average molecular weight is 289 g/mol. The predicted octanol–water partition coefficient (Wildman–Crippen LogP) is 1.45. The second-order valence-electron chi connectivity index (χ2n) is 4.70. The fourth-order valence-corrected chi connectivity index (χ4v) is 2.04. The quantitative estimate of drug-likeness (QED) is 0.857. The Morgan fingerprint density at radius 2 is 2.29 bits per heavy atom. The third kappa shape index (κ3) is 3.49. The molecule has 21 heavy (non-hydrogen) atoms. The Labute approximate surface area is 121 Å². The zero-order chi connectivity index (χ0) is 15.4. The van der Waals surface area contributed by atoms with Gasteiger partial charge in [-0.25, -0.2) is 9.59 Å². The zero-order valence-electron chi connectivity index (χ0n) is 11.5. The van der Waals surface area contributed by atoms with Gasteiger partial charge in [-0.15, -0.1) is 0 Å². The van der Waals surface area contributed by atoms with E-state index in [1.807, 2.05) is 6.07 Å². The maximum absolute atomic E-state index is 12.1. The number of carboxylic acid groups (broad SMARTS) is 1. The van der Waals surface area contributed by atoms with E-state index in [0.717, 1.165) is 0 Å². The number of hydrogen-bond acceptors (Lipinski definition) is 4. The first kappa shape index (κ1) is 14.8. The molecule has 1 saturated heterocycles. The number of nitrogens with one attached hydrogen (secondary N) is 1. The molecule has 110 valence electrons. The van der Waals surface area contributed by atoms with Crippen LogP contribution in [-0.2, 0) is 4.74 Å². The molecule has 0 bridgehead atoms. The Morgan fingerprint density at radius 1 is 1.52 bits per heavy atom. The highest BCUT2D eigenvalue weighted by molar-refractivity contribution is 5.92. The van der Waals surface area contributed by atoms with Crippen molar-refractivity contribution < 1.29 is 19.4 Å². The molecule has 7 heteroatoms. The molecule has 1 unspecified atom stereocenters. The van der Waals surface area contributed by atoms with Crippen LogP contribution in [0.2, 0.25) is 0 Å². The zero-order valence-corrected chi connectivity index (χ0v) is 11.5. The van der Waals surface area contributed by atoms with Crippen LogP contribution in [0.5, 0.6) is 0 Å². The number of nitrogens with zero attached hydrogens (tertiary/aromatic N) is 2. The van der Waals surface area contributed by atoms with Crippen molar-refractivity contribution in [2.24, 2.45) is 0 Å². The topological polar surface area (TPSA) is 103 Å². The summed E-state index contributed by atoms with van der Waals surface area (Å²) in [6.07, 6.45) is -0.611. The van der Waals surface area contributed by atoms with Gasteiger partial charge in [-0.05, 0) is 30.7 Å². The third-order valence-corrected chi connectivity index (χ3v) is 3.21. The standard InChI is InChI=1S/C14H15N3O4/c1-9-6-10(13(18)19)2-3-12(9)16-14(20)17-4-5-21-11(7-15)8-17/h2-3,6,11H,4-5,8H2,1H3,(H,16,20)(H,18,19). The van der Waals surface area contributed by atoms with E-state index in [2.05, 4.69) is 5.32 Å². The van der Waals surface area contributed by atoms with Gasteiger partial charge in [0.25, 0.3) is 0 Å². The Morgan fingerprint density at radius 3 is 2.90 bits per heavy atom. The van der Waals surface area contributed by atoms with Gasteiger partial charge in [0, 0.05) is 12.2 Å². The van der Waals surface area contributed by atoms with Crippen LogP contribution in [0, 0.1) is 18.3 Å². The normalized spacial score (nSPS) is 17.9. The Balaban J connectivity index is 2.06. The number of nitriles is 1. The molecule has 1 aromatic rings. The van der Waals surface area contributed by atoms with Gasteiger partial charge in [0.05, 0.1) is 24.8 Å². The second kappa shape index (κ2) is 6.24. The van der Waals surface area contributed by atoms with Crippen LogP contribution in [0.3, 0.4) is 0 Å². The fraction of sp³-hybridized carbons (Fsp3) is 0.357. The van der Waals surface area contributed by atoms with Crippen LogP contribution in [0.4, 0.5) is 10.5 Å². The highest BCUT2D eigenvalue weighted by Crippen LogP contribution is 2.17. The molecule has 0 aliphatic carbocycles. The number of carbonyl (C=O) groups excluding carboxylic acids is 1. The summed E-state index contributed by atoms with van der Waals surface area (Å²) >= 11 is 0. The van der Waals surface area contributed by atoms with Crippen LogP contribution in [0.25, 0.3) is 0 Å². The van der Waals surface area contributed by atoms with E-state index in [1.165, 1.54) is 17.0 Å². The molecule has 1 atom stereocenters. The third-order valence-electron chi connectivity index (χ3n) is 3.21. The first-order chi connectivity index (χ1) is 10.0. The number of aryl methyl sites for hydroxylation is 1. The maximum atomic E-state index is 12.1. The minimum Gasteiger partial charge on any atom is -0.478 e. The maximum Gasteiger partial charge on any atom is 0.335 e. The number of carbonyl (C=O) groups is 2. The summed E-state index contributed by atoms with van der Waals surface area (Å²) in [6, 6.07) is 6.13. The van der Waals surface area contributed by atoms with E-state index in [1.54, 1.807) is 13.0 Å². The average Bonchev–Trinajstić information content (AvgIpc) is 2.49. The van der Waals surface area contributed by atoms with Crippen molar-refractivity contribution in [1.29, 1.82) is 5.26 Å². The van der Waals surface area contributed by atoms with Crippen molar-refractivity contribution in [2.75, 3.05) is 25.0 Å². The highest BCUT2D eigenvalue weighted by atomic mass is 16.5. The lowest BCUT2D eigenvalue weighted by molar-refractivity contribution is 0.0181. The smallest absolute Gasteiger partial charge is 0.335 e. The van der Waals surface area contributed by atoms with E-state index in [-0.39, 0.29) is 18.1 Å². The van der Waals surface area contributed by atoms with Gasteiger partial charge < -0.3 is 20.1 Å². The van der Waals surface area contributed by atoms with Crippen molar-refractivity contribution in [3.05, 3.63) is 29.3 Å². The largest absolute Gasteiger partial charge is 0.478 e. The first-order valence-corrected chi connectivity index (χ1v) is 6.42. The molecule has 1 aromatic carbocycles. The number of anilines is 1. The summed E-state index contributed by atoms with van der Waals surface area (Å²) in [5.74, 6) is -1.01. The monoisotopic (exact) mass is 289 g/mol. The molecule has 2 rings (SSSR count). The molecule has 7 nitrogen and oxygen atoms in total. The summed E-state index contributed by atoms with van der Waals surface area (Å²) in [6.45, 7) is 2.67. The van der Waals surface area contributed by atoms with E-state index < -0.39 is 12.1 Å². The molecule has 0 radical (unpaired) electrons. The number of rotatable bonds is 2.